The first-order chi connectivity index (χ1) is 13.4. The fraction of sp³-hybridized carbons (Fsp3) is 0.385. The molecule has 3 rings (SSSR count). The Morgan fingerprint density at radius 2 is 1.43 bits per heavy atom. The lowest BCUT2D eigenvalue weighted by atomic mass is 9.85. The van der Waals surface area contributed by atoms with Crippen molar-refractivity contribution in [3.8, 4) is 22.5 Å². The van der Waals surface area contributed by atoms with Crippen molar-refractivity contribution in [3.63, 3.8) is 0 Å². The van der Waals surface area contributed by atoms with Gasteiger partial charge in [0.25, 0.3) is 0 Å². The Kier molecular flexibility index (Phi) is 6.28. The maximum atomic E-state index is 4.86. The van der Waals surface area contributed by atoms with Crippen molar-refractivity contribution in [2.45, 2.75) is 59.8 Å². The van der Waals surface area contributed by atoms with Crippen LogP contribution in [0, 0.1) is 5.92 Å². The SMILES string of the molecule is CC(C)Cc1ccnc(-c2cccnc2-c2c(C(C)C)cccc2C(C)C)c1. The van der Waals surface area contributed by atoms with Gasteiger partial charge in [-0.15, -0.1) is 0 Å². The quantitative estimate of drug-likeness (QED) is 0.455. The molecule has 0 aliphatic rings. The predicted octanol–water partition coefficient (Wildman–Crippen LogP) is 7.26. The van der Waals surface area contributed by atoms with Crippen LogP contribution in [0.5, 0.6) is 0 Å². The van der Waals surface area contributed by atoms with Gasteiger partial charge < -0.3 is 0 Å². The molecule has 2 nitrogen and oxygen atoms in total. The zero-order valence-corrected chi connectivity index (χ0v) is 18.0. The Labute approximate surface area is 170 Å². The van der Waals surface area contributed by atoms with E-state index >= 15 is 0 Å². The van der Waals surface area contributed by atoms with E-state index in [1.54, 1.807) is 0 Å². The Bertz CT molecular complexity index is 912. The largest absolute Gasteiger partial charge is 0.256 e. The van der Waals surface area contributed by atoms with Crippen LogP contribution in [-0.4, -0.2) is 9.97 Å². The van der Waals surface area contributed by atoms with Crippen molar-refractivity contribution in [2.24, 2.45) is 5.92 Å². The molecule has 0 amide bonds. The zero-order valence-electron chi connectivity index (χ0n) is 18.0. The summed E-state index contributed by atoms with van der Waals surface area (Å²) in [6, 6.07) is 15.2. The summed E-state index contributed by atoms with van der Waals surface area (Å²) >= 11 is 0. The lowest BCUT2D eigenvalue weighted by Gasteiger charge is -2.21. The van der Waals surface area contributed by atoms with E-state index in [2.05, 4.69) is 77.9 Å². The molecule has 0 bridgehead atoms. The number of rotatable bonds is 6. The van der Waals surface area contributed by atoms with Gasteiger partial charge in [0.2, 0.25) is 0 Å². The predicted molar refractivity (Wildman–Crippen MR) is 120 cm³/mol. The molecule has 1 aromatic carbocycles. The average molecular weight is 373 g/mol. The normalized spacial score (nSPS) is 11.6. The van der Waals surface area contributed by atoms with Crippen LogP contribution in [0.15, 0.2) is 54.9 Å². The van der Waals surface area contributed by atoms with Gasteiger partial charge in [-0.2, -0.15) is 0 Å². The van der Waals surface area contributed by atoms with Gasteiger partial charge in [0.1, 0.15) is 0 Å². The zero-order chi connectivity index (χ0) is 20.3. The van der Waals surface area contributed by atoms with Crippen LogP contribution in [0.25, 0.3) is 22.5 Å². The Morgan fingerprint density at radius 3 is 2.04 bits per heavy atom. The summed E-state index contributed by atoms with van der Waals surface area (Å²) in [5, 5.41) is 0. The fourth-order valence-electron chi connectivity index (χ4n) is 3.86. The summed E-state index contributed by atoms with van der Waals surface area (Å²) in [5.41, 5.74) is 8.48. The minimum Gasteiger partial charge on any atom is -0.256 e. The molecule has 3 aromatic rings. The second-order valence-electron chi connectivity index (χ2n) is 8.67. The highest BCUT2D eigenvalue weighted by Gasteiger charge is 2.20. The van der Waals surface area contributed by atoms with E-state index < -0.39 is 0 Å². The van der Waals surface area contributed by atoms with E-state index in [0.717, 1.165) is 23.4 Å². The lowest BCUT2D eigenvalue weighted by molar-refractivity contribution is 0.647. The minimum atomic E-state index is 0.434. The molecule has 2 aromatic heterocycles. The molecule has 2 heteroatoms. The summed E-state index contributed by atoms with van der Waals surface area (Å²) in [5.74, 6) is 1.49. The van der Waals surface area contributed by atoms with Crippen molar-refractivity contribution in [1.82, 2.24) is 9.97 Å². The molecule has 0 aliphatic heterocycles. The second-order valence-corrected chi connectivity index (χ2v) is 8.67. The monoisotopic (exact) mass is 372 g/mol. The molecule has 0 N–H and O–H groups in total. The van der Waals surface area contributed by atoms with Crippen molar-refractivity contribution >= 4 is 0 Å². The molecule has 146 valence electrons. The van der Waals surface area contributed by atoms with Gasteiger partial charge in [0.05, 0.1) is 11.4 Å². The average Bonchev–Trinajstić information content (AvgIpc) is 2.67. The van der Waals surface area contributed by atoms with Crippen LogP contribution in [0.2, 0.25) is 0 Å². The third-order valence-electron chi connectivity index (χ3n) is 5.16. The molecule has 0 fully saturated rings. The molecule has 0 unspecified atom stereocenters. The highest BCUT2D eigenvalue weighted by atomic mass is 14.7. The summed E-state index contributed by atoms with van der Waals surface area (Å²) in [7, 11) is 0. The van der Waals surface area contributed by atoms with Crippen LogP contribution < -0.4 is 0 Å². The standard InChI is InChI=1S/C26H32N2/c1-17(2)15-20-12-14-27-24(16-20)23-11-8-13-28-26(23)25-21(18(3)4)9-7-10-22(25)19(5)6/h7-14,16-19H,15H2,1-6H3. The molecule has 28 heavy (non-hydrogen) atoms. The van der Waals surface area contributed by atoms with Gasteiger partial charge in [0, 0.05) is 23.5 Å². The van der Waals surface area contributed by atoms with E-state index in [9.17, 15) is 0 Å². The smallest absolute Gasteiger partial charge is 0.0801 e. The van der Waals surface area contributed by atoms with Crippen molar-refractivity contribution in [1.29, 1.82) is 0 Å². The maximum Gasteiger partial charge on any atom is 0.0801 e. The number of benzene rings is 1. The van der Waals surface area contributed by atoms with E-state index in [1.165, 1.54) is 22.3 Å². The van der Waals surface area contributed by atoms with Gasteiger partial charge in [-0.05, 0) is 65.1 Å². The first-order valence-corrected chi connectivity index (χ1v) is 10.4. The minimum absolute atomic E-state index is 0.434. The molecular weight excluding hydrogens is 340 g/mol. The third kappa shape index (κ3) is 4.32. The van der Waals surface area contributed by atoms with E-state index in [0.29, 0.717) is 17.8 Å². The first-order valence-electron chi connectivity index (χ1n) is 10.4. The van der Waals surface area contributed by atoms with Gasteiger partial charge in [-0.1, -0.05) is 59.7 Å². The van der Waals surface area contributed by atoms with E-state index in [4.69, 9.17) is 9.97 Å². The van der Waals surface area contributed by atoms with Crippen molar-refractivity contribution in [3.05, 3.63) is 71.5 Å². The molecule has 0 saturated carbocycles. The number of aromatic nitrogens is 2. The van der Waals surface area contributed by atoms with E-state index in [-0.39, 0.29) is 0 Å². The number of pyridine rings is 2. The van der Waals surface area contributed by atoms with Crippen LogP contribution in [0.4, 0.5) is 0 Å². The van der Waals surface area contributed by atoms with Crippen LogP contribution >= 0.6 is 0 Å². The molecule has 0 spiro atoms. The molecular formula is C26H32N2. The highest BCUT2D eigenvalue weighted by Crippen LogP contribution is 2.39. The summed E-state index contributed by atoms with van der Waals surface area (Å²) in [4.78, 5) is 9.57. The maximum absolute atomic E-state index is 4.86. The molecule has 0 atom stereocenters. The summed E-state index contributed by atoms with van der Waals surface area (Å²) in [6.45, 7) is 13.5. The number of nitrogens with zero attached hydrogens (tertiary/aromatic N) is 2. The van der Waals surface area contributed by atoms with Crippen LogP contribution in [0.3, 0.4) is 0 Å². The molecule has 0 saturated heterocycles. The second kappa shape index (κ2) is 8.68. The van der Waals surface area contributed by atoms with Gasteiger partial charge in [-0.25, -0.2) is 0 Å². The Hall–Kier alpha value is -2.48. The van der Waals surface area contributed by atoms with Gasteiger partial charge >= 0.3 is 0 Å². The van der Waals surface area contributed by atoms with Gasteiger partial charge in [-0.3, -0.25) is 9.97 Å². The summed E-state index contributed by atoms with van der Waals surface area (Å²) in [6.07, 6.45) is 4.89. The van der Waals surface area contributed by atoms with Crippen molar-refractivity contribution < 1.29 is 0 Å². The topological polar surface area (TPSA) is 25.8 Å². The Balaban J connectivity index is 2.23. The highest BCUT2D eigenvalue weighted by molar-refractivity contribution is 5.83. The van der Waals surface area contributed by atoms with Crippen LogP contribution in [0.1, 0.15) is 70.1 Å². The number of hydrogen-bond acceptors (Lipinski definition) is 2. The van der Waals surface area contributed by atoms with Gasteiger partial charge in [0.15, 0.2) is 0 Å². The summed E-state index contributed by atoms with van der Waals surface area (Å²) < 4.78 is 0. The molecule has 2 heterocycles. The van der Waals surface area contributed by atoms with Crippen molar-refractivity contribution in [2.75, 3.05) is 0 Å². The van der Waals surface area contributed by atoms with E-state index in [1.807, 2.05) is 18.5 Å². The lowest BCUT2D eigenvalue weighted by Crippen LogP contribution is -2.03. The number of hydrogen-bond donors (Lipinski definition) is 0. The molecule has 0 aliphatic carbocycles. The first kappa shape index (κ1) is 20.3. The Morgan fingerprint density at radius 1 is 0.750 bits per heavy atom. The molecule has 0 radical (unpaired) electrons. The fourth-order valence-corrected chi connectivity index (χ4v) is 3.86. The third-order valence-corrected chi connectivity index (χ3v) is 5.16. The van der Waals surface area contributed by atoms with Crippen LogP contribution in [-0.2, 0) is 6.42 Å².